The van der Waals surface area contributed by atoms with Crippen molar-refractivity contribution in [2.24, 2.45) is 12.0 Å². The summed E-state index contributed by atoms with van der Waals surface area (Å²) in [5.74, 6) is -3.24. The van der Waals surface area contributed by atoms with Gasteiger partial charge >= 0.3 is 5.97 Å². The Kier molecular flexibility index (Phi) is 5.16. The van der Waals surface area contributed by atoms with E-state index in [4.69, 9.17) is 4.74 Å². The van der Waals surface area contributed by atoms with E-state index < -0.39 is 30.9 Å². The number of ketones is 1. The quantitative estimate of drug-likeness (QED) is 0.751. The van der Waals surface area contributed by atoms with E-state index in [9.17, 15) is 18.4 Å². The normalized spacial score (nSPS) is 22.1. The molecule has 3 heterocycles. The monoisotopic (exact) mass is 393 g/mol. The first-order valence-corrected chi connectivity index (χ1v) is 8.59. The summed E-state index contributed by atoms with van der Waals surface area (Å²) in [5.41, 5.74) is 0.468. The number of aryl methyl sites for hydroxylation is 1. The number of carbonyl (C=O) groups is 2. The van der Waals surface area contributed by atoms with Crippen LogP contribution >= 0.6 is 0 Å². The van der Waals surface area contributed by atoms with E-state index >= 15 is 0 Å². The number of esters is 1. The number of hydrogen-bond donors (Lipinski definition) is 1. The predicted molar refractivity (Wildman–Crippen MR) is 96.7 cm³/mol. The summed E-state index contributed by atoms with van der Waals surface area (Å²) in [5, 5.41) is 2.91. The Morgan fingerprint density at radius 1 is 1.46 bits per heavy atom. The van der Waals surface area contributed by atoms with Crippen molar-refractivity contribution in [3.05, 3.63) is 41.8 Å². The van der Waals surface area contributed by atoms with Crippen LogP contribution in [0.2, 0.25) is 0 Å². The molecule has 150 valence electrons. The van der Waals surface area contributed by atoms with Crippen molar-refractivity contribution in [3.8, 4) is 0 Å². The lowest BCUT2D eigenvalue weighted by atomic mass is 10.1. The van der Waals surface area contributed by atoms with Crippen LogP contribution in [0.4, 0.5) is 8.78 Å². The first kappa shape index (κ1) is 19.9. The van der Waals surface area contributed by atoms with Gasteiger partial charge in [-0.3, -0.25) is 9.69 Å². The Hall–Kier alpha value is -2.88. The summed E-state index contributed by atoms with van der Waals surface area (Å²) in [6.07, 6.45) is 2.74. The molecule has 0 aliphatic carbocycles. The van der Waals surface area contributed by atoms with Gasteiger partial charge in [0.2, 0.25) is 0 Å². The number of amidine groups is 1. The van der Waals surface area contributed by atoms with Crippen molar-refractivity contribution >= 4 is 17.6 Å². The van der Waals surface area contributed by atoms with Crippen LogP contribution in [0, 0.1) is 0 Å². The molecule has 1 atom stereocenters. The number of nitrogens with zero attached hydrogens (tertiary/aromatic N) is 4. The number of carbonyl (C=O) groups excluding carboxylic acids is 2. The third-order valence-corrected chi connectivity index (χ3v) is 4.72. The van der Waals surface area contributed by atoms with Crippen molar-refractivity contribution in [2.75, 3.05) is 20.2 Å². The minimum atomic E-state index is -2.99. The summed E-state index contributed by atoms with van der Waals surface area (Å²) in [6.45, 7) is 4.40. The number of alkyl halides is 2. The molecule has 2 aliphatic heterocycles. The van der Waals surface area contributed by atoms with E-state index in [-0.39, 0.29) is 29.3 Å². The van der Waals surface area contributed by atoms with Gasteiger partial charge in [0.15, 0.2) is 11.7 Å². The first-order chi connectivity index (χ1) is 13.1. The van der Waals surface area contributed by atoms with E-state index in [0.717, 1.165) is 0 Å². The predicted octanol–water partition coefficient (Wildman–Crippen LogP) is 1.01. The third kappa shape index (κ3) is 3.72. The van der Waals surface area contributed by atoms with Crippen molar-refractivity contribution in [1.29, 1.82) is 0 Å². The molecule has 0 unspecified atom stereocenters. The molecule has 1 aromatic heterocycles. The van der Waals surface area contributed by atoms with Gasteiger partial charge in [-0.1, -0.05) is 6.58 Å². The summed E-state index contributed by atoms with van der Waals surface area (Å²) in [7, 11) is 2.97. The molecule has 3 rings (SSSR count). The number of likely N-dealkylation sites (tertiary alicyclic amines) is 1. The highest BCUT2D eigenvalue weighted by atomic mass is 19.3. The Morgan fingerprint density at radius 3 is 2.75 bits per heavy atom. The number of rotatable bonds is 5. The Bertz CT molecular complexity index is 903. The lowest BCUT2D eigenvalue weighted by Gasteiger charge is -2.26. The fourth-order valence-corrected chi connectivity index (χ4v) is 3.40. The maximum atomic E-state index is 13.9. The van der Waals surface area contributed by atoms with Crippen LogP contribution in [0.15, 0.2) is 40.9 Å². The van der Waals surface area contributed by atoms with Crippen molar-refractivity contribution in [3.63, 3.8) is 0 Å². The first-order valence-electron chi connectivity index (χ1n) is 8.59. The highest BCUT2D eigenvalue weighted by Gasteiger charge is 2.47. The molecule has 28 heavy (non-hydrogen) atoms. The van der Waals surface area contributed by atoms with Gasteiger partial charge in [0.05, 0.1) is 25.4 Å². The fourth-order valence-electron chi connectivity index (χ4n) is 3.40. The minimum Gasteiger partial charge on any atom is -0.465 e. The maximum absolute atomic E-state index is 13.9. The minimum absolute atomic E-state index is 0.0537. The average molecular weight is 393 g/mol. The molecule has 1 fully saturated rings. The van der Waals surface area contributed by atoms with Crippen LogP contribution in [0.5, 0.6) is 0 Å². The SMILES string of the molecule is C=C1NC(c2nccn2C)=NC(CN2CC(F)(F)C[C@H]2C(C)=O)=C1C(=O)OC. The fraction of sp³-hybridized carbons (Fsp3) is 0.444. The van der Waals surface area contributed by atoms with Crippen LogP contribution in [-0.2, 0) is 21.4 Å². The van der Waals surface area contributed by atoms with Crippen LogP contribution < -0.4 is 5.32 Å². The average Bonchev–Trinajstić information content (AvgIpc) is 3.16. The zero-order chi connectivity index (χ0) is 20.6. The van der Waals surface area contributed by atoms with Crippen LogP contribution in [0.25, 0.3) is 0 Å². The van der Waals surface area contributed by atoms with E-state index in [1.165, 1.54) is 18.9 Å². The van der Waals surface area contributed by atoms with Gasteiger partial charge in [-0.05, 0) is 6.92 Å². The second kappa shape index (κ2) is 7.27. The van der Waals surface area contributed by atoms with E-state index in [1.54, 1.807) is 24.0 Å². The lowest BCUT2D eigenvalue weighted by Crippen LogP contribution is -2.39. The van der Waals surface area contributed by atoms with E-state index in [1.807, 2.05) is 0 Å². The molecule has 1 N–H and O–H groups in total. The third-order valence-electron chi connectivity index (χ3n) is 4.72. The van der Waals surface area contributed by atoms with Crippen LogP contribution in [-0.4, -0.2) is 64.2 Å². The topological polar surface area (TPSA) is 88.8 Å². The van der Waals surface area contributed by atoms with Gasteiger partial charge in [-0.25, -0.2) is 23.6 Å². The highest BCUT2D eigenvalue weighted by Crippen LogP contribution is 2.34. The van der Waals surface area contributed by atoms with Crippen LogP contribution in [0.3, 0.4) is 0 Å². The molecule has 10 heteroatoms. The van der Waals surface area contributed by atoms with Crippen molar-refractivity contribution < 1.29 is 23.1 Å². The molecule has 1 aromatic rings. The molecule has 0 amide bonds. The lowest BCUT2D eigenvalue weighted by molar-refractivity contribution is -0.135. The van der Waals surface area contributed by atoms with Gasteiger partial charge in [0, 0.05) is 38.1 Å². The molecular weight excluding hydrogens is 372 g/mol. The second-order valence-electron chi connectivity index (χ2n) is 6.83. The number of ether oxygens (including phenoxy) is 1. The summed E-state index contributed by atoms with van der Waals surface area (Å²) >= 11 is 0. The molecule has 0 saturated carbocycles. The molecule has 0 spiro atoms. The number of aliphatic imine (C=N–C) groups is 1. The van der Waals surface area contributed by atoms with Crippen molar-refractivity contribution in [1.82, 2.24) is 19.8 Å². The Labute approximate surface area is 160 Å². The van der Waals surface area contributed by atoms with Gasteiger partial charge < -0.3 is 14.6 Å². The second-order valence-corrected chi connectivity index (χ2v) is 6.83. The summed E-state index contributed by atoms with van der Waals surface area (Å²) in [4.78, 5) is 34.1. The number of nitrogens with one attached hydrogen (secondary N) is 1. The van der Waals surface area contributed by atoms with Gasteiger partial charge in [-0.15, -0.1) is 0 Å². The Balaban J connectivity index is 2.03. The number of aromatic nitrogens is 2. The molecule has 0 radical (unpaired) electrons. The molecule has 8 nitrogen and oxygen atoms in total. The van der Waals surface area contributed by atoms with Crippen LogP contribution in [0.1, 0.15) is 19.2 Å². The molecule has 0 aromatic carbocycles. The molecule has 1 saturated heterocycles. The number of hydrogen-bond acceptors (Lipinski definition) is 7. The van der Waals surface area contributed by atoms with Gasteiger partial charge in [0.25, 0.3) is 5.92 Å². The number of imidazole rings is 1. The molecular formula is C18H21F2N5O3. The molecule has 2 aliphatic rings. The van der Waals surface area contributed by atoms with Crippen molar-refractivity contribution in [2.45, 2.75) is 25.3 Å². The number of halogens is 2. The van der Waals surface area contributed by atoms with Gasteiger partial charge in [-0.2, -0.15) is 0 Å². The zero-order valence-electron chi connectivity index (χ0n) is 15.8. The molecule has 0 bridgehead atoms. The van der Waals surface area contributed by atoms with E-state index in [0.29, 0.717) is 11.7 Å². The Morgan fingerprint density at radius 2 is 2.18 bits per heavy atom. The summed E-state index contributed by atoms with van der Waals surface area (Å²) < 4.78 is 34.4. The zero-order valence-corrected chi connectivity index (χ0v) is 15.8. The summed E-state index contributed by atoms with van der Waals surface area (Å²) in [6, 6.07) is -0.948. The number of Topliss-reactive ketones (excluding diaryl/α,β-unsaturated/α-hetero) is 1. The largest absolute Gasteiger partial charge is 0.465 e. The highest BCUT2D eigenvalue weighted by molar-refractivity contribution is 6.04. The van der Waals surface area contributed by atoms with Gasteiger partial charge in [0.1, 0.15) is 11.4 Å². The smallest absolute Gasteiger partial charge is 0.341 e. The van der Waals surface area contributed by atoms with E-state index in [2.05, 4.69) is 21.9 Å². The standard InChI is InChI=1S/C18H21F2N5O3/c1-10-14(17(27)28-4)12(23-15(22-10)16-21-5-6-24(16)3)8-25-9-18(19,20)7-13(25)11(2)26/h5-6,13H,1,7-9H2,2-4H3,(H,22,23)/t13-/m0/s1. The maximum Gasteiger partial charge on any atom is 0.341 e. The number of methoxy groups -OCH3 is 1.